The number of nitrogens with one attached hydrogen (secondary N) is 3. The smallest absolute Gasteiger partial charge is 0.328 e. The Hall–Kier alpha value is -3.40. The van der Waals surface area contributed by atoms with E-state index in [0.29, 0.717) is 26.1 Å². The molecule has 3 atom stereocenters. The molecule has 232 valence electrons. The fourth-order valence-corrected chi connectivity index (χ4v) is 5.50. The van der Waals surface area contributed by atoms with Crippen LogP contribution in [0.5, 0.6) is 0 Å². The number of carbonyl (C=O) groups excluding carboxylic acids is 3. The van der Waals surface area contributed by atoms with Gasteiger partial charge in [0.15, 0.2) is 0 Å². The lowest BCUT2D eigenvalue weighted by Crippen LogP contribution is -2.52. The average Bonchev–Trinajstić information content (AvgIpc) is 3.02. The number of amides is 2. The van der Waals surface area contributed by atoms with Crippen LogP contribution in [-0.2, 0) is 32.2 Å². The predicted octanol–water partition coefficient (Wildman–Crippen LogP) is 4.37. The summed E-state index contributed by atoms with van der Waals surface area (Å²) in [5.74, 6) is 0.116. The van der Waals surface area contributed by atoms with Crippen molar-refractivity contribution >= 4 is 40.3 Å². The third-order valence-electron chi connectivity index (χ3n) is 7.66. The molecule has 0 heterocycles. The Morgan fingerprint density at radius 2 is 1.65 bits per heavy atom. The van der Waals surface area contributed by atoms with Crippen molar-refractivity contribution in [2.24, 2.45) is 5.92 Å². The fourth-order valence-electron chi connectivity index (χ4n) is 5.03. The van der Waals surface area contributed by atoms with Gasteiger partial charge in [0.05, 0.1) is 20.2 Å². The molecule has 43 heavy (non-hydrogen) atoms. The topological polar surface area (TPSA) is 99.8 Å². The summed E-state index contributed by atoms with van der Waals surface area (Å²) >= 11 is 1.61. The van der Waals surface area contributed by atoms with Gasteiger partial charge < -0.3 is 20.7 Å². The average molecular weight is 607 g/mol. The molecule has 3 aromatic carbocycles. The van der Waals surface area contributed by atoms with Gasteiger partial charge in [0.25, 0.3) is 0 Å². The van der Waals surface area contributed by atoms with Crippen molar-refractivity contribution in [3.63, 3.8) is 0 Å². The number of hydrogen-bond acceptors (Lipinski definition) is 7. The van der Waals surface area contributed by atoms with Crippen LogP contribution in [0.3, 0.4) is 0 Å². The summed E-state index contributed by atoms with van der Waals surface area (Å²) in [6.45, 7) is 6.09. The van der Waals surface area contributed by atoms with E-state index >= 15 is 0 Å². The first-order valence-electron chi connectivity index (χ1n) is 14.9. The number of hydrogen-bond donors (Lipinski definition) is 3. The number of fused-ring (bicyclic) bond motifs is 1. The van der Waals surface area contributed by atoms with Gasteiger partial charge in [-0.15, -0.1) is 0 Å². The summed E-state index contributed by atoms with van der Waals surface area (Å²) in [7, 11) is 1.33. The van der Waals surface area contributed by atoms with Gasteiger partial charge in [0, 0.05) is 25.7 Å². The Kier molecular flexibility index (Phi) is 14.5. The molecule has 0 radical (unpaired) electrons. The zero-order valence-electron chi connectivity index (χ0n) is 25.8. The number of rotatable bonds is 18. The number of methoxy groups -OCH3 is 1. The molecule has 8 nitrogen and oxygen atoms in total. The van der Waals surface area contributed by atoms with E-state index in [1.54, 1.807) is 11.8 Å². The molecule has 0 bridgehead atoms. The summed E-state index contributed by atoms with van der Waals surface area (Å²) in [4.78, 5) is 40.8. The minimum atomic E-state index is -0.704. The summed E-state index contributed by atoms with van der Waals surface area (Å²) < 4.78 is 4.94. The zero-order chi connectivity index (χ0) is 31.0. The van der Waals surface area contributed by atoms with E-state index in [2.05, 4.69) is 59.0 Å². The van der Waals surface area contributed by atoms with E-state index in [1.165, 1.54) is 7.11 Å². The number of nitrogens with zero attached hydrogens (tertiary/aromatic N) is 1. The molecule has 0 aliphatic carbocycles. The van der Waals surface area contributed by atoms with Crippen molar-refractivity contribution in [1.29, 1.82) is 0 Å². The molecule has 0 saturated carbocycles. The van der Waals surface area contributed by atoms with E-state index in [1.807, 2.05) is 54.8 Å². The Bertz CT molecular complexity index is 1300. The van der Waals surface area contributed by atoms with Crippen LogP contribution in [0.15, 0.2) is 72.8 Å². The van der Waals surface area contributed by atoms with Crippen LogP contribution in [-0.4, -0.2) is 73.5 Å². The monoisotopic (exact) mass is 606 g/mol. The molecule has 0 spiro atoms. The second-order valence-electron chi connectivity index (χ2n) is 10.9. The Labute approximate surface area is 260 Å². The Balaban J connectivity index is 1.76. The maximum Gasteiger partial charge on any atom is 0.328 e. The van der Waals surface area contributed by atoms with E-state index in [0.717, 1.165) is 34.1 Å². The summed E-state index contributed by atoms with van der Waals surface area (Å²) in [5, 5.41) is 11.6. The lowest BCUT2D eigenvalue weighted by Gasteiger charge is -2.32. The molecular formula is C34H46N4O4S. The van der Waals surface area contributed by atoms with Crippen molar-refractivity contribution in [3.05, 3.63) is 83.9 Å². The van der Waals surface area contributed by atoms with E-state index in [4.69, 9.17) is 4.74 Å². The normalized spacial score (nSPS) is 13.3. The highest BCUT2D eigenvalue weighted by molar-refractivity contribution is 7.98. The number of thioether (sulfide) groups is 1. The van der Waals surface area contributed by atoms with Gasteiger partial charge in [-0.3, -0.25) is 14.5 Å². The van der Waals surface area contributed by atoms with Crippen LogP contribution < -0.4 is 16.0 Å². The number of esters is 1. The minimum absolute atomic E-state index is 0.0744. The molecule has 3 rings (SSSR count). The molecule has 0 aliphatic rings. The highest BCUT2D eigenvalue weighted by Gasteiger charge is 2.26. The third kappa shape index (κ3) is 11.3. The maximum absolute atomic E-state index is 13.4. The quantitative estimate of drug-likeness (QED) is 0.185. The van der Waals surface area contributed by atoms with E-state index in [-0.39, 0.29) is 36.9 Å². The summed E-state index contributed by atoms with van der Waals surface area (Å²) in [6.07, 6.45) is 3.32. The van der Waals surface area contributed by atoms with Crippen molar-refractivity contribution in [1.82, 2.24) is 20.9 Å². The Morgan fingerprint density at radius 1 is 0.930 bits per heavy atom. The van der Waals surface area contributed by atoms with Gasteiger partial charge in [0.1, 0.15) is 6.04 Å². The van der Waals surface area contributed by atoms with Gasteiger partial charge in [-0.05, 0) is 46.2 Å². The fraction of sp³-hybridized carbons (Fsp3) is 0.441. The van der Waals surface area contributed by atoms with Gasteiger partial charge in [-0.1, -0.05) is 93.1 Å². The van der Waals surface area contributed by atoms with Crippen LogP contribution in [0.1, 0.15) is 37.8 Å². The second-order valence-corrected chi connectivity index (χ2v) is 11.9. The van der Waals surface area contributed by atoms with Gasteiger partial charge in [0.2, 0.25) is 11.8 Å². The first-order valence-corrected chi connectivity index (χ1v) is 16.3. The summed E-state index contributed by atoms with van der Waals surface area (Å²) in [6, 6.07) is 23.5. The number of benzene rings is 3. The lowest BCUT2D eigenvalue weighted by molar-refractivity contribution is -0.145. The second kappa shape index (κ2) is 18.3. The molecule has 3 aromatic rings. The molecule has 0 saturated heterocycles. The van der Waals surface area contributed by atoms with Crippen LogP contribution in [0.2, 0.25) is 0 Å². The first kappa shape index (κ1) is 34.1. The van der Waals surface area contributed by atoms with Crippen molar-refractivity contribution < 1.29 is 19.1 Å². The highest BCUT2D eigenvalue weighted by Crippen LogP contribution is 2.21. The molecule has 9 heteroatoms. The minimum Gasteiger partial charge on any atom is -0.467 e. The Morgan fingerprint density at radius 3 is 2.37 bits per heavy atom. The molecule has 0 aromatic heterocycles. The van der Waals surface area contributed by atoms with Crippen molar-refractivity contribution in [2.45, 2.75) is 51.9 Å². The molecule has 0 unspecified atom stereocenters. The molecule has 0 fully saturated rings. The summed E-state index contributed by atoms with van der Waals surface area (Å²) in [5.41, 5.74) is 2.21. The largest absolute Gasteiger partial charge is 0.467 e. The van der Waals surface area contributed by atoms with Crippen molar-refractivity contribution in [2.75, 3.05) is 38.8 Å². The number of carbonyl (C=O) groups is 3. The van der Waals surface area contributed by atoms with Crippen LogP contribution in [0, 0.1) is 5.92 Å². The molecule has 3 N–H and O–H groups in total. The van der Waals surface area contributed by atoms with Crippen molar-refractivity contribution in [3.8, 4) is 0 Å². The third-order valence-corrected chi connectivity index (χ3v) is 8.31. The lowest BCUT2D eigenvalue weighted by atomic mass is 9.97. The first-order chi connectivity index (χ1) is 20.8. The molecule has 0 aliphatic heterocycles. The van der Waals surface area contributed by atoms with E-state index in [9.17, 15) is 14.4 Å². The maximum atomic E-state index is 13.4. The molecule has 2 amide bonds. The highest BCUT2D eigenvalue weighted by atomic mass is 32.2. The zero-order valence-corrected chi connectivity index (χ0v) is 26.6. The van der Waals surface area contributed by atoms with Gasteiger partial charge in [-0.2, -0.15) is 11.8 Å². The standard InChI is InChI=1S/C34H46N4O4S/c1-5-25(2)31(37-32(39)21-35-20-26-12-7-6-8-13-26)23-38(22-28-16-11-15-27-14-9-10-17-29(27)28)24-33(40)36-30(18-19-43-4)34(41)42-3/h6-17,25,30-31,35H,5,18-24H2,1-4H3,(H,36,40)(H,37,39)/t25-,30-,31+/m0/s1. The van der Waals surface area contributed by atoms with Gasteiger partial charge in [-0.25, -0.2) is 4.79 Å². The SMILES string of the molecule is CC[C@H](C)[C@@H](CN(CC(=O)N[C@@H](CCSC)C(=O)OC)Cc1cccc2ccccc12)NC(=O)CNCc1ccccc1. The van der Waals surface area contributed by atoms with Crippen LogP contribution in [0.25, 0.3) is 10.8 Å². The van der Waals surface area contributed by atoms with Crippen LogP contribution in [0.4, 0.5) is 0 Å². The number of ether oxygens (including phenoxy) is 1. The van der Waals surface area contributed by atoms with Crippen LogP contribution >= 0.6 is 11.8 Å². The molecular weight excluding hydrogens is 560 g/mol. The predicted molar refractivity (Wildman–Crippen MR) is 176 cm³/mol. The van der Waals surface area contributed by atoms with Gasteiger partial charge >= 0.3 is 5.97 Å². The van der Waals surface area contributed by atoms with E-state index < -0.39 is 12.0 Å².